The summed E-state index contributed by atoms with van der Waals surface area (Å²) in [6, 6.07) is 8.54. The van der Waals surface area contributed by atoms with Gasteiger partial charge in [0.25, 0.3) is 11.8 Å². The van der Waals surface area contributed by atoms with Crippen LogP contribution < -0.4 is 20.3 Å². The Hall–Kier alpha value is -2.25. The molecule has 2 aromatic rings. The number of hydrazine groups is 1. The number of rotatable bonds is 10. The van der Waals surface area contributed by atoms with Crippen LogP contribution in [0, 0.1) is 13.8 Å². The summed E-state index contributed by atoms with van der Waals surface area (Å²) in [4.78, 5) is 24.3. The van der Waals surface area contributed by atoms with E-state index >= 15 is 0 Å². The molecule has 0 aromatic heterocycles. The Bertz CT molecular complexity index is 897. The highest BCUT2D eigenvalue weighted by Gasteiger charge is 2.11. The highest BCUT2D eigenvalue weighted by Crippen LogP contribution is 2.27. The van der Waals surface area contributed by atoms with Crippen LogP contribution in [0.1, 0.15) is 54.1 Å². The molecule has 0 aliphatic rings. The van der Waals surface area contributed by atoms with Crippen LogP contribution in [0.25, 0.3) is 0 Å². The molecule has 2 aromatic carbocycles. The van der Waals surface area contributed by atoms with Gasteiger partial charge in [0.1, 0.15) is 11.5 Å². The molecule has 6 nitrogen and oxygen atoms in total. The van der Waals surface area contributed by atoms with Crippen molar-refractivity contribution in [2.45, 2.75) is 46.5 Å². The monoisotopic (exact) mass is 510 g/mol. The molecule has 2 amide bonds. The van der Waals surface area contributed by atoms with Gasteiger partial charge in [0, 0.05) is 10.6 Å². The van der Waals surface area contributed by atoms with Crippen molar-refractivity contribution in [1.82, 2.24) is 10.9 Å². The molecule has 0 aliphatic heterocycles. The molecular formula is C23H28BrClN2O4. The summed E-state index contributed by atoms with van der Waals surface area (Å²) in [6.45, 7) is 6.28. The second-order valence-electron chi connectivity index (χ2n) is 7.22. The van der Waals surface area contributed by atoms with Crippen molar-refractivity contribution < 1.29 is 19.1 Å². The van der Waals surface area contributed by atoms with Gasteiger partial charge in [-0.25, -0.2) is 0 Å². The third kappa shape index (κ3) is 8.07. The summed E-state index contributed by atoms with van der Waals surface area (Å²) in [5, 5.41) is 0.670. The summed E-state index contributed by atoms with van der Waals surface area (Å²) < 4.78 is 11.9. The minimum atomic E-state index is -0.482. The fraction of sp³-hybridized carbons (Fsp3) is 0.391. The zero-order chi connectivity index (χ0) is 22.8. The molecule has 0 heterocycles. The predicted octanol–water partition coefficient (Wildman–Crippen LogP) is 5.52. The highest BCUT2D eigenvalue weighted by atomic mass is 79.9. The van der Waals surface area contributed by atoms with Crippen molar-refractivity contribution >= 4 is 39.3 Å². The van der Waals surface area contributed by atoms with Crippen molar-refractivity contribution in [3.05, 3.63) is 56.5 Å². The van der Waals surface area contributed by atoms with E-state index in [1.165, 1.54) is 12.8 Å². The topological polar surface area (TPSA) is 76.7 Å². The summed E-state index contributed by atoms with van der Waals surface area (Å²) in [5.74, 6) is 0.292. The van der Waals surface area contributed by atoms with E-state index in [2.05, 4.69) is 33.7 Å². The summed E-state index contributed by atoms with van der Waals surface area (Å²) in [6.07, 6.45) is 4.50. The number of unbranched alkanes of at least 4 members (excludes halogenated alkanes) is 3. The molecule has 0 saturated heterocycles. The lowest BCUT2D eigenvalue weighted by molar-refractivity contribution is -0.123. The Morgan fingerprint density at radius 3 is 2.35 bits per heavy atom. The van der Waals surface area contributed by atoms with Crippen LogP contribution in [0.15, 0.2) is 34.8 Å². The van der Waals surface area contributed by atoms with Crippen molar-refractivity contribution in [3.63, 3.8) is 0 Å². The van der Waals surface area contributed by atoms with Crippen LogP contribution in [-0.4, -0.2) is 25.0 Å². The maximum atomic E-state index is 12.3. The lowest BCUT2D eigenvalue weighted by atomic mass is 10.1. The lowest BCUT2D eigenvalue weighted by Crippen LogP contribution is -2.43. The molecule has 168 valence electrons. The molecule has 0 radical (unpaired) electrons. The number of carbonyl (C=O) groups is 2. The molecule has 2 N–H and O–H groups in total. The van der Waals surface area contributed by atoms with Crippen molar-refractivity contribution in [1.29, 1.82) is 0 Å². The average molecular weight is 512 g/mol. The standard InChI is InChI=1S/C23H28BrClN2O4/c1-4-5-6-7-10-30-20-9-8-17(13-19(20)24)23(29)27-26-21(28)14-31-18-11-15(2)22(25)16(3)12-18/h8-9,11-13H,4-7,10,14H2,1-3H3,(H,26,28)(H,27,29). The zero-order valence-corrected chi connectivity index (χ0v) is 20.4. The number of aryl methyl sites for hydroxylation is 2. The average Bonchev–Trinajstić information content (AvgIpc) is 2.74. The Morgan fingerprint density at radius 2 is 1.71 bits per heavy atom. The quantitative estimate of drug-likeness (QED) is 0.325. The van der Waals surface area contributed by atoms with Gasteiger partial charge in [-0.05, 0) is 77.7 Å². The van der Waals surface area contributed by atoms with E-state index in [-0.39, 0.29) is 6.61 Å². The first kappa shape index (κ1) is 25.0. The fourth-order valence-corrected chi connectivity index (χ4v) is 3.45. The first-order chi connectivity index (χ1) is 14.8. The number of benzene rings is 2. The first-order valence-electron chi connectivity index (χ1n) is 10.2. The van der Waals surface area contributed by atoms with Gasteiger partial charge >= 0.3 is 0 Å². The molecule has 0 saturated carbocycles. The number of carbonyl (C=O) groups excluding carboxylic acids is 2. The van der Waals surface area contributed by atoms with Gasteiger partial charge in [-0.2, -0.15) is 0 Å². The van der Waals surface area contributed by atoms with E-state index in [0.717, 1.165) is 24.0 Å². The van der Waals surface area contributed by atoms with Crippen molar-refractivity contribution in [2.75, 3.05) is 13.2 Å². The molecule has 0 aliphatic carbocycles. The second kappa shape index (κ2) is 12.6. The highest BCUT2D eigenvalue weighted by molar-refractivity contribution is 9.10. The van der Waals surface area contributed by atoms with Gasteiger partial charge < -0.3 is 9.47 Å². The molecule has 0 spiro atoms. The largest absolute Gasteiger partial charge is 0.492 e. The number of nitrogens with one attached hydrogen (secondary N) is 2. The van der Waals surface area contributed by atoms with E-state index in [9.17, 15) is 9.59 Å². The van der Waals surface area contributed by atoms with E-state index in [0.29, 0.717) is 33.2 Å². The third-order valence-corrected chi connectivity index (χ3v) is 5.76. The molecule has 0 bridgehead atoms. The van der Waals surface area contributed by atoms with Gasteiger partial charge in [-0.3, -0.25) is 20.4 Å². The van der Waals surface area contributed by atoms with Gasteiger partial charge in [-0.1, -0.05) is 37.8 Å². The minimum absolute atomic E-state index is 0.241. The van der Waals surface area contributed by atoms with Crippen molar-refractivity contribution in [2.24, 2.45) is 0 Å². The van der Waals surface area contributed by atoms with Crippen LogP contribution in [0.3, 0.4) is 0 Å². The van der Waals surface area contributed by atoms with E-state index in [1.807, 2.05) is 13.8 Å². The Labute approximate surface area is 196 Å². The van der Waals surface area contributed by atoms with Gasteiger partial charge in [-0.15, -0.1) is 0 Å². The first-order valence-corrected chi connectivity index (χ1v) is 11.4. The van der Waals surface area contributed by atoms with Crippen molar-refractivity contribution in [3.8, 4) is 11.5 Å². The lowest BCUT2D eigenvalue weighted by Gasteiger charge is -2.12. The van der Waals surface area contributed by atoms with Gasteiger partial charge in [0.15, 0.2) is 6.61 Å². The number of hydrogen-bond acceptors (Lipinski definition) is 4. The van der Waals surface area contributed by atoms with Gasteiger partial charge in [0.2, 0.25) is 0 Å². The Kier molecular flexibility index (Phi) is 10.1. The molecule has 2 rings (SSSR count). The maximum absolute atomic E-state index is 12.3. The van der Waals surface area contributed by atoms with Crippen LogP contribution >= 0.6 is 27.5 Å². The molecule has 0 fully saturated rings. The van der Waals surface area contributed by atoms with Crippen LogP contribution in [-0.2, 0) is 4.79 Å². The number of ether oxygens (including phenoxy) is 2. The van der Waals surface area contributed by atoms with Crippen LogP contribution in [0.5, 0.6) is 11.5 Å². The van der Waals surface area contributed by atoms with E-state index in [1.54, 1.807) is 30.3 Å². The minimum Gasteiger partial charge on any atom is -0.492 e. The van der Waals surface area contributed by atoms with Crippen LogP contribution in [0.4, 0.5) is 0 Å². The number of amides is 2. The smallest absolute Gasteiger partial charge is 0.276 e. The molecule has 8 heteroatoms. The second-order valence-corrected chi connectivity index (χ2v) is 8.45. The molecule has 0 unspecified atom stereocenters. The summed E-state index contributed by atoms with van der Waals surface area (Å²) in [5.41, 5.74) is 6.84. The molecule has 0 atom stereocenters. The molecule has 31 heavy (non-hydrogen) atoms. The third-order valence-electron chi connectivity index (χ3n) is 4.54. The normalized spacial score (nSPS) is 10.5. The number of halogens is 2. The zero-order valence-electron chi connectivity index (χ0n) is 18.0. The summed E-state index contributed by atoms with van der Waals surface area (Å²) >= 11 is 9.55. The Balaban J connectivity index is 1.79. The predicted molar refractivity (Wildman–Crippen MR) is 126 cm³/mol. The van der Waals surface area contributed by atoms with E-state index in [4.69, 9.17) is 21.1 Å². The van der Waals surface area contributed by atoms with Gasteiger partial charge in [0.05, 0.1) is 11.1 Å². The SMILES string of the molecule is CCCCCCOc1ccc(C(=O)NNC(=O)COc2cc(C)c(Cl)c(C)c2)cc1Br. The van der Waals surface area contributed by atoms with E-state index < -0.39 is 11.8 Å². The Morgan fingerprint density at radius 1 is 1.00 bits per heavy atom. The maximum Gasteiger partial charge on any atom is 0.276 e. The fourth-order valence-electron chi connectivity index (χ4n) is 2.84. The van der Waals surface area contributed by atoms with Crippen LogP contribution in [0.2, 0.25) is 5.02 Å². The molecular weight excluding hydrogens is 484 g/mol. The number of hydrogen-bond donors (Lipinski definition) is 2. The summed E-state index contributed by atoms with van der Waals surface area (Å²) in [7, 11) is 0.